The fraction of sp³-hybridized carbons (Fsp3) is 0.579. The van der Waals surface area contributed by atoms with Crippen molar-refractivity contribution in [3.05, 3.63) is 30.1 Å². The highest BCUT2D eigenvalue weighted by Gasteiger charge is 2.43. The molecule has 11 heteroatoms. The third-order valence-electron chi connectivity index (χ3n) is 5.35. The molecule has 0 radical (unpaired) electrons. The van der Waals surface area contributed by atoms with Crippen molar-refractivity contribution in [1.29, 1.82) is 0 Å². The van der Waals surface area contributed by atoms with Crippen LogP contribution in [0.4, 0.5) is 18.0 Å². The molecule has 0 aromatic carbocycles. The highest BCUT2D eigenvalue weighted by Crippen LogP contribution is 2.40. The number of carboxylic acids is 1. The van der Waals surface area contributed by atoms with Crippen molar-refractivity contribution < 1.29 is 32.7 Å². The molecule has 0 atom stereocenters. The summed E-state index contributed by atoms with van der Waals surface area (Å²) < 4.78 is 31.7. The minimum absolute atomic E-state index is 0.0711. The van der Waals surface area contributed by atoms with E-state index in [1.165, 1.54) is 0 Å². The second-order valence-corrected chi connectivity index (χ2v) is 7.69. The SMILES string of the molecule is CN(C)C(=O)N1CCC2(CCN(C(=O)c3cccnc3)C2)CC1.O=C(O)C(F)(F)F. The number of aliphatic carboxylic acids is 1. The molecule has 0 saturated carbocycles. The van der Waals surface area contributed by atoms with Crippen LogP contribution in [0.25, 0.3) is 0 Å². The van der Waals surface area contributed by atoms with E-state index in [1.54, 1.807) is 37.5 Å². The van der Waals surface area contributed by atoms with Gasteiger partial charge in [0, 0.05) is 52.7 Å². The summed E-state index contributed by atoms with van der Waals surface area (Å²) in [5.74, 6) is -2.69. The number of carboxylic acid groups (broad SMARTS) is 1. The van der Waals surface area contributed by atoms with Crippen LogP contribution in [-0.2, 0) is 4.79 Å². The highest BCUT2D eigenvalue weighted by molar-refractivity contribution is 5.94. The molecule has 0 unspecified atom stereocenters. The number of amides is 3. The Balaban J connectivity index is 0.000000396. The number of nitrogens with zero attached hydrogens (tertiary/aromatic N) is 4. The Labute approximate surface area is 172 Å². The van der Waals surface area contributed by atoms with Crippen LogP contribution in [0.1, 0.15) is 29.6 Å². The average molecular weight is 430 g/mol. The van der Waals surface area contributed by atoms with Crippen molar-refractivity contribution in [2.45, 2.75) is 25.4 Å². The van der Waals surface area contributed by atoms with Gasteiger partial charge in [-0.25, -0.2) is 9.59 Å². The largest absolute Gasteiger partial charge is 0.490 e. The number of carbonyl (C=O) groups excluding carboxylic acids is 2. The molecule has 0 bridgehead atoms. The monoisotopic (exact) mass is 430 g/mol. The van der Waals surface area contributed by atoms with Crippen molar-refractivity contribution >= 4 is 17.9 Å². The lowest BCUT2D eigenvalue weighted by atomic mass is 9.78. The summed E-state index contributed by atoms with van der Waals surface area (Å²) in [6.45, 7) is 3.16. The van der Waals surface area contributed by atoms with Gasteiger partial charge in [-0.2, -0.15) is 13.2 Å². The first-order valence-corrected chi connectivity index (χ1v) is 9.41. The smallest absolute Gasteiger partial charge is 0.475 e. The molecule has 1 aromatic rings. The number of halogens is 3. The minimum atomic E-state index is -5.08. The van der Waals surface area contributed by atoms with Crippen molar-refractivity contribution in [3.8, 4) is 0 Å². The zero-order valence-electron chi connectivity index (χ0n) is 16.9. The van der Waals surface area contributed by atoms with E-state index in [9.17, 15) is 22.8 Å². The number of hydrogen-bond acceptors (Lipinski definition) is 4. The third-order valence-corrected chi connectivity index (χ3v) is 5.35. The quantitative estimate of drug-likeness (QED) is 0.738. The maximum atomic E-state index is 12.5. The maximum Gasteiger partial charge on any atom is 0.490 e. The maximum absolute atomic E-state index is 12.5. The summed E-state index contributed by atoms with van der Waals surface area (Å²) >= 11 is 0. The van der Waals surface area contributed by atoms with Crippen LogP contribution in [-0.4, -0.2) is 89.1 Å². The Bertz CT molecular complexity index is 763. The number of hydrogen-bond donors (Lipinski definition) is 1. The normalized spacial score (nSPS) is 17.9. The standard InChI is InChI=1S/C17H24N4O2.C2HF3O2/c1-19(2)16(23)20-9-5-17(6-10-20)7-11-21(13-17)15(22)14-4-3-8-18-12-14;3-2(4,5)1(6)7/h3-4,8,12H,5-7,9-11,13H2,1-2H3;(H,6,7). The van der Waals surface area contributed by atoms with Gasteiger partial charge in [-0.05, 0) is 36.8 Å². The Morgan fingerprint density at radius 2 is 1.63 bits per heavy atom. The number of likely N-dealkylation sites (tertiary alicyclic amines) is 2. The van der Waals surface area contributed by atoms with Crippen LogP contribution < -0.4 is 0 Å². The van der Waals surface area contributed by atoms with E-state index < -0.39 is 12.1 Å². The third kappa shape index (κ3) is 5.83. The molecule has 166 valence electrons. The highest BCUT2D eigenvalue weighted by atomic mass is 19.4. The molecular formula is C19H25F3N4O4. The van der Waals surface area contributed by atoms with Gasteiger partial charge in [0.1, 0.15) is 0 Å². The average Bonchev–Trinajstić information content (AvgIpc) is 3.11. The molecule has 3 rings (SSSR count). The van der Waals surface area contributed by atoms with E-state index in [-0.39, 0.29) is 17.4 Å². The number of aromatic nitrogens is 1. The van der Waals surface area contributed by atoms with E-state index in [0.29, 0.717) is 5.56 Å². The van der Waals surface area contributed by atoms with Crippen molar-refractivity contribution in [2.75, 3.05) is 40.3 Å². The van der Waals surface area contributed by atoms with E-state index in [4.69, 9.17) is 9.90 Å². The fourth-order valence-corrected chi connectivity index (χ4v) is 3.64. The van der Waals surface area contributed by atoms with E-state index in [0.717, 1.165) is 45.4 Å². The molecule has 2 aliphatic rings. The number of piperidine rings is 1. The first-order valence-electron chi connectivity index (χ1n) is 9.41. The Hall–Kier alpha value is -2.85. The molecule has 8 nitrogen and oxygen atoms in total. The predicted molar refractivity (Wildman–Crippen MR) is 101 cm³/mol. The lowest BCUT2D eigenvalue weighted by molar-refractivity contribution is -0.192. The molecule has 3 heterocycles. The summed E-state index contributed by atoms with van der Waals surface area (Å²) in [6.07, 6.45) is 1.21. The Kier molecular flexibility index (Phi) is 7.27. The van der Waals surface area contributed by atoms with Crippen molar-refractivity contribution in [3.63, 3.8) is 0 Å². The van der Waals surface area contributed by atoms with Crippen LogP contribution in [0.2, 0.25) is 0 Å². The molecule has 2 saturated heterocycles. The van der Waals surface area contributed by atoms with Crippen LogP contribution in [0, 0.1) is 5.41 Å². The summed E-state index contributed by atoms with van der Waals surface area (Å²) in [7, 11) is 3.58. The number of alkyl halides is 3. The van der Waals surface area contributed by atoms with Gasteiger partial charge in [0.05, 0.1) is 5.56 Å². The second-order valence-electron chi connectivity index (χ2n) is 7.69. The lowest BCUT2D eigenvalue weighted by Crippen LogP contribution is -2.47. The van der Waals surface area contributed by atoms with Gasteiger partial charge in [-0.15, -0.1) is 0 Å². The Morgan fingerprint density at radius 3 is 2.07 bits per heavy atom. The van der Waals surface area contributed by atoms with Gasteiger partial charge in [-0.1, -0.05) is 0 Å². The molecule has 2 fully saturated rings. The summed E-state index contributed by atoms with van der Waals surface area (Å²) in [6, 6.07) is 3.70. The van der Waals surface area contributed by atoms with Gasteiger partial charge in [0.15, 0.2) is 0 Å². The number of pyridine rings is 1. The predicted octanol–water partition coefficient (Wildman–Crippen LogP) is 2.32. The molecule has 1 N–H and O–H groups in total. The van der Waals surface area contributed by atoms with Gasteiger partial charge in [0.25, 0.3) is 5.91 Å². The molecule has 3 amide bonds. The molecule has 1 spiro atoms. The van der Waals surface area contributed by atoms with Gasteiger partial charge in [0.2, 0.25) is 0 Å². The molecular weight excluding hydrogens is 405 g/mol. The zero-order valence-corrected chi connectivity index (χ0v) is 16.9. The van der Waals surface area contributed by atoms with E-state index in [1.807, 2.05) is 15.9 Å². The summed E-state index contributed by atoms with van der Waals surface area (Å²) in [5, 5.41) is 7.12. The molecule has 2 aliphatic heterocycles. The number of urea groups is 1. The second kappa shape index (κ2) is 9.31. The zero-order chi connectivity index (χ0) is 22.5. The van der Waals surface area contributed by atoms with Crippen LogP contribution in [0.5, 0.6) is 0 Å². The Morgan fingerprint density at radius 1 is 1.10 bits per heavy atom. The number of carbonyl (C=O) groups is 3. The van der Waals surface area contributed by atoms with Crippen LogP contribution >= 0.6 is 0 Å². The van der Waals surface area contributed by atoms with Crippen molar-refractivity contribution in [2.24, 2.45) is 5.41 Å². The first kappa shape index (κ1) is 23.4. The van der Waals surface area contributed by atoms with Gasteiger partial charge < -0.3 is 19.8 Å². The number of rotatable bonds is 1. The van der Waals surface area contributed by atoms with Crippen LogP contribution in [0.3, 0.4) is 0 Å². The molecule has 0 aliphatic carbocycles. The minimum Gasteiger partial charge on any atom is -0.475 e. The van der Waals surface area contributed by atoms with E-state index in [2.05, 4.69) is 4.98 Å². The molecule has 1 aromatic heterocycles. The summed E-state index contributed by atoms with van der Waals surface area (Å²) in [5.41, 5.74) is 0.839. The van der Waals surface area contributed by atoms with Crippen LogP contribution in [0.15, 0.2) is 24.5 Å². The van der Waals surface area contributed by atoms with Gasteiger partial charge in [-0.3, -0.25) is 9.78 Å². The summed E-state index contributed by atoms with van der Waals surface area (Å²) in [4.78, 5) is 43.0. The molecule has 30 heavy (non-hydrogen) atoms. The first-order chi connectivity index (χ1) is 13.9. The fourth-order valence-electron chi connectivity index (χ4n) is 3.64. The van der Waals surface area contributed by atoms with Gasteiger partial charge >= 0.3 is 18.2 Å². The lowest BCUT2D eigenvalue weighted by Gasteiger charge is -2.40. The topological polar surface area (TPSA) is 94.1 Å². The van der Waals surface area contributed by atoms with Crippen molar-refractivity contribution in [1.82, 2.24) is 19.7 Å². The van der Waals surface area contributed by atoms with E-state index >= 15 is 0 Å².